The van der Waals surface area contributed by atoms with Crippen LogP contribution in [0, 0.1) is 0 Å². The number of nitrogens with zero attached hydrogens (tertiary/aromatic N) is 1. The molecule has 0 aliphatic carbocycles. The standard InChI is InChI=1S/C16H28F2NO7P/c1-8-24-27(22,25-9-2)16(17,18)12(20)11-10-23-15(6,7)19(11)13(21)26-14(3,4)5/h11H,8-10H2,1-7H3/t11-/m1/s1. The third-order valence-electron chi connectivity index (χ3n) is 3.62. The summed E-state index contributed by atoms with van der Waals surface area (Å²) < 4.78 is 62.0. The molecule has 1 rings (SSSR count). The quantitative estimate of drug-likeness (QED) is 0.584. The SMILES string of the molecule is CCOP(=O)(OCC)C(F)(F)C(=O)[C@H]1COC(C)(C)N1C(=O)OC(C)(C)C. The van der Waals surface area contributed by atoms with Gasteiger partial charge in [0.05, 0.1) is 19.8 Å². The number of rotatable bonds is 7. The van der Waals surface area contributed by atoms with Gasteiger partial charge in [-0.05, 0) is 48.5 Å². The first-order chi connectivity index (χ1) is 12.1. The van der Waals surface area contributed by atoms with E-state index in [0.29, 0.717) is 0 Å². The summed E-state index contributed by atoms with van der Waals surface area (Å²) in [6, 6.07) is -1.71. The summed E-state index contributed by atoms with van der Waals surface area (Å²) in [5.41, 5.74) is -6.76. The highest BCUT2D eigenvalue weighted by Crippen LogP contribution is 2.62. The molecular formula is C16H28F2NO7P. The van der Waals surface area contributed by atoms with Crippen molar-refractivity contribution in [3.05, 3.63) is 0 Å². The first kappa shape index (κ1) is 23.9. The van der Waals surface area contributed by atoms with Crippen molar-refractivity contribution in [3.8, 4) is 0 Å². The monoisotopic (exact) mass is 415 g/mol. The zero-order valence-electron chi connectivity index (χ0n) is 16.7. The zero-order valence-corrected chi connectivity index (χ0v) is 17.6. The average Bonchev–Trinajstić information content (AvgIpc) is 2.80. The van der Waals surface area contributed by atoms with Crippen molar-refractivity contribution in [3.63, 3.8) is 0 Å². The normalized spacial score (nSPS) is 20.6. The third-order valence-corrected chi connectivity index (χ3v) is 5.72. The predicted molar refractivity (Wildman–Crippen MR) is 92.7 cm³/mol. The number of alkyl halides is 2. The number of hydrogen-bond donors (Lipinski definition) is 0. The molecule has 0 unspecified atom stereocenters. The maximum absolute atomic E-state index is 14.8. The molecule has 1 fully saturated rings. The summed E-state index contributed by atoms with van der Waals surface area (Å²) in [6.07, 6.45) is -0.998. The molecule has 0 bridgehead atoms. The number of amides is 1. The smallest absolute Gasteiger partial charge is 0.413 e. The largest absolute Gasteiger partial charge is 0.444 e. The minimum atomic E-state index is -5.09. The van der Waals surface area contributed by atoms with Crippen molar-refractivity contribution < 1.29 is 41.5 Å². The van der Waals surface area contributed by atoms with Crippen LogP contribution < -0.4 is 0 Å². The Hall–Kier alpha value is -1.09. The van der Waals surface area contributed by atoms with Gasteiger partial charge in [-0.1, -0.05) is 0 Å². The first-order valence-corrected chi connectivity index (χ1v) is 10.1. The van der Waals surface area contributed by atoms with E-state index in [1.807, 2.05) is 0 Å². The van der Waals surface area contributed by atoms with Crippen molar-refractivity contribution in [2.45, 2.75) is 71.5 Å². The summed E-state index contributed by atoms with van der Waals surface area (Å²) >= 11 is 0. The van der Waals surface area contributed by atoms with Gasteiger partial charge in [-0.25, -0.2) is 4.79 Å². The highest BCUT2D eigenvalue weighted by Gasteiger charge is 2.64. The van der Waals surface area contributed by atoms with Crippen molar-refractivity contribution in [2.75, 3.05) is 19.8 Å². The number of hydrogen-bond acceptors (Lipinski definition) is 7. The third kappa shape index (κ3) is 5.04. The van der Waals surface area contributed by atoms with Crippen molar-refractivity contribution in [2.24, 2.45) is 0 Å². The Bertz CT molecular complexity index is 608. The van der Waals surface area contributed by atoms with Crippen LogP contribution >= 0.6 is 7.60 Å². The fraction of sp³-hybridized carbons (Fsp3) is 0.875. The molecule has 0 saturated carbocycles. The molecule has 1 heterocycles. The molecule has 0 aromatic carbocycles. The summed E-state index contributed by atoms with van der Waals surface area (Å²) in [5, 5.41) is 0. The maximum atomic E-state index is 14.8. The summed E-state index contributed by atoms with van der Waals surface area (Å²) in [6.45, 7) is 9.17. The Morgan fingerprint density at radius 2 is 1.67 bits per heavy atom. The van der Waals surface area contributed by atoms with Crippen molar-refractivity contribution >= 4 is 19.5 Å². The molecule has 158 valence electrons. The molecule has 1 atom stereocenters. The van der Waals surface area contributed by atoms with E-state index < -0.39 is 49.1 Å². The van der Waals surface area contributed by atoms with Gasteiger partial charge in [-0.3, -0.25) is 14.3 Å². The Kier molecular flexibility index (Phi) is 7.19. The minimum absolute atomic E-state index is 0.345. The lowest BCUT2D eigenvalue weighted by molar-refractivity contribution is -0.141. The van der Waals surface area contributed by atoms with Crippen LogP contribution in [-0.2, 0) is 27.9 Å². The average molecular weight is 415 g/mol. The summed E-state index contributed by atoms with van der Waals surface area (Å²) in [4.78, 5) is 25.9. The van der Waals surface area contributed by atoms with E-state index in [0.717, 1.165) is 4.90 Å². The molecule has 0 N–H and O–H groups in total. The van der Waals surface area contributed by atoms with Gasteiger partial charge >= 0.3 is 19.4 Å². The molecule has 1 saturated heterocycles. The van der Waals surface area contributed by atoms with Gasteiger partial charge < -0.3 is 18.5 Å². The minimum Gasteiger partial charge on any atom is -0.444 e. The Balaban J connectivity index is 3.25. The summed E-state index contributed by atoms with van der Waals surface area (Å²) in [7, 11) is -5.09. The number of ketones is 1. The van der Waals surface area contributed by atoms with E-state index in [-0.39, 0.29) is 13.2 Å². The van der Waals surface area contributed by atoms with Crippen LogP contribution in [0.4, 0.5) is 13.6 Å². The van der Waals surface area contributed by atoms with Gasteiger partial charge in [-0.2, -0.15) is 8.78 Å². The molecule has 27 heavy (non-hydrogen) atoms. The molecule has 1 aliphatic heterocycles. The molecule has 0 spiro atoms. The second-order valence-electron chi connectivity index (χ2n) is 7.36. The molecule has 8 nitrogen and oxygen atoms in total. The van der Waals surface area contributed by atoms with Crippen LogP contribution in [0.1, 0.15) is 48.5 Å². The number of halogens is 2. The van der Waals surface area contributed by atoms with Gasteiger partial charge in [-0.15, -0.1) is 0 Å². The van der Waals surface area contributed by atoms with E-state index in [1.165, 1.54) is 27.7 Å². The van der Waals surface area contributed by atoms with Gasteiger partial charge in [0.1, 0.15) is 17.4 Å². The van der Waals surface area contributed by atoms with E-state index in [4.69, 9.17) is 9.47 Å². The fourth-order valence-electron chi connectivity index (χ4n) is 2.53. The van der Waals surface area contributed by atoms with Crippen LogP contribution in [0.15, 0.2) is 0 Å². The van der Waals surface area contributed by atoms with E-state index in [1.54, 1.807) is 20.8 Å². The van der Waals surface area contributed by atoms with E-state index >= 15 is 0 Å². The van der Waals surface area contributed by atoms with E-state index in [9.17, 15) is 22.9 Å². The molecule has 0 radical (unpaired) electrons. The number of carbonyl (C=O) groups is 2. The number of Topliss-reactive ketones (excluding diaryl/α,β-unsaturated/α-hetero) is 1. The van der Waals surface area contributed by atoms with Gasteiger partial charge in [0.15, 0.2) is 0 Å². The van der Waals surface area contributed by atoms with Gasteiger partial charge in [0.2, 0.25) is 5.78 Å². The lowest BCUT2D eigenvalue weighted by Crippen LogP contribution is -2.55. The van der Waals surface area contributed by atoms with Crippen molar-refractivity contribution in [1.29, 1.82) is 0 Å². The fourth-order valence-corrected chi connectivity index (χ4v) is 4.03. The number of ether oxygens (including phenoxy) is 2. The Morgan fingerprint density at radius 1 is 1.19 bits per heavy atom. The highest BCUT2D eigenvalue weighted by molar-refractivity contribution is 7.56. The van der Waals surface area contributed by atoms with Crippen LogP contribution in [0.25, 0.3) is 0 Å². The predicted octanol–water partition coefficient (Wildman–Crippen LogP) is 3.79. The zero-order chi connectivity index (χ0) is 21.3. The Morgan fingerprint density at radius 3 is 2.07 bits per heavy atom. The second kappa shape index (κ2) is 8.11. The molecular weight excluding hydrogens is 387 g/mol. The molecule has 0 aromatic heterocycles. The van der Waals surface area contributed by atoms with Gasteiger partial charge in [0, 0.05) is 0 Å². The van der Waals surface area contributed by atoms with Crippen LogP contribution in [0.2, 0.25) is 0 Å². The molecule has 11 heteroatoms. The van der Waals surface area contributed by atoms with Gasteiger partial charge in [0.25, 0.3) is 0 Å². The van der Waals surface area contributed by atoms with Crippen LogP contribution in [0.3, 0.4) is 0 Å². The Labute approximate surface area is 158 Å². The lowest BCUT2D eigenvalue weighted by atomic mass is 10.1. The molecule has 0 aromatic rings. The highest BCUT2D eigenvalue weighted by atomic mass is 31.2. The van der Waals surface area contributed by atoms with Crippen molar-refractivity contribution in [1.82, 2.24) is 4.90 Å². The number of carbonyl (C=O) groups excluding carboxylic acids is 2. The lowest BCUT2D eigenvalue weighted by Gasteiger charge is -2.35. The second-order valence-corrected chi connectivity index (χ2v) is 9.44. The molecule has 1 aliphatic rings. The maximum Gasteiger partial charge on any atom is 0.413 e. The van der Waals surface area contributed by atoms with E-state index in [2.05, 4.69) is 9.05 Å². The van der Waals surface area contributed by atoms with Crippen LogP contribution in [-0.4, -0.2) is 59.6 Å². The molecule has 1 amide bonds. The summed E-state index contributed by atoms with van der Waals surface area (Å²) in [5.74, 6) is -1.79. The van der Waals surface area contributed by atoms with Crippen LogP contribution in [0.5, 0.6) is 0 Å². The topological polar surface area (TPSA) is 91.4 Å². The first-order valence-electron chi connectivity index (χ1n) is 8.60.